The standard InChI is InChI=1S/C5H10.2C2H4N.C2H2N.CH3.Ru/c1-2-4-5-3-1;3*1-2-3;;/h1-5H2;2*2H,1H3;1H2;1H3;/q;4*-1;+5. The fourth-order valence-electron chi connectivity index (χ4n) is 0.884. The Balaban J connectivity index is -0.0000000336. The predicted octanol–water partition coefficient (Wildman–Crippen LogP) is 4.04. The Bertz CT molecular complexity index is 124. The number of hydrogen-bond acceptors (Lipinski definition) is 1. The third-order valence-corrected chi connectivity index (χ3v) is 1.25. The summed E-state index contributed by atoms with van der Waals surface area (Å²) in [6.07, 6.45) is 9.50. The monoisotopic (exact) mass is 311 g/mol. The maximum Gasteiger partial charge on any atom is 5.00 e. The van der Waals surface area contributed by atoms with Gasteiger partial charge < -0.3 is 25.2 Å². The Morgan fingerprint density at radius 2 is 1.06 bits per heavy atom. The molecule has 0 amide bonds. The second kappa shape index (κ2) is 47.4. The normalized spacial score (nSPS) is 9.56. The molecule has 0 bridgehead atoms. The van der Waals surface area contributed by atoms with Gasteiger partial charge in [-0.25, -0.2) is 17.7 Å². The van der Waals surface area contributed by atoms with E-state index in [-0.39, 0.29) is 26.9 Å². The molecule has 1 aliphatic rings. The molecule has 0 aromatic heterocycles. The van der Waals surface area contributed by atoms with Gasteiger partial charge in [-0.05, 0) is 0 Å². The molecule has 93 valence electrons. The third-order valence-electron chi connectivity index (χ3n) is 1.25. The summed E-state index contributed by atoms with van der Waals surface area (Å²) in [6, 6.07) is 1.50. The van der Waals surface area contributed by atoms with Gasteiger partial charge >= 0.3 is 19.5 Å². The van der Waals surface area contributed by atoms with Gasteiger partial charge in [0.25, 0.3) is 0 Å². The minimum atomic E-state index is 0. The van der Waals surface area contributed by atoms with E-state index in [1.165, 1.54) is 38.2 Å². The largest absolute Gasteiger partial charge is 5.00 e. The fourth-order valence-corrected chi connectivity index (χ4v) is 0.884. The molecule has 0 unspecified atom stereocenters. The Hall–Kier alpha value is -0.677. The molecular formula is C12H23N3Ru+. The first-order valence-electron chi connectivity index (χ1n) is 4.75. The van der Waals surface area contributed by atoms with Crippen molar-refractivity contribution >= 4 is 12.4 Å². The molecule has 0 aromatic rings. The van der Waals surface area contributed by atoms with E-state index in [4.69, 9.17) is 16.1 Å². The predicted molar refractivity (Wildman–Crippen MR) is 70.7 cm³/mol. The van der Waals surface area contributed by atoms with Gasteiger partial charge in [0.15, 0.2) is 0 Å². The Kier molecular flexibility index (Phi) is 87.4. The van der Waals surface area contributed by atoms with Crippen molar-refractivity contribution < 1.29 is 19.5 Å². The van der Waals surface area contributed by atoms with Crippen LogP contribution in [0.4, 0.5) is 0 Å². The van der Waals surface area contributed by atoms with Crippen molar-refractivity contribution in [3.05, 3.63) is 25.2 Å². The summed E-state index contributed by atoms with van der Waals surface area (Å²) in [5.74, 6) is 0. The van der Waals surface area contributed by atoms with Crippen LogP contribution < -0.4 is 0 Å². The van der Waals surface area contributed by atoms with Gasteiger partial charge in [-0.3, -0.25) is 0 Å². The van der Waals surface area contributed by atoms with E-state index < -0.39 is 0 Å². The number of nitriles is 1. The van der Waals surface area contributed by atoms with Gasteiger partial charge in [0.05, 0.1) is 0 Å². The summed E-state index contributed by atoms with van der Waals surface area (Å²) >= 11 is 0. The van der Waals surface area contributed by atoms with E-state index in [0.717, 1.165) is 12.4 Å². The van der Waals surface area contributed by atoms with Crippen LogP contribution >= 0.6 is 0 Å². The van der Waals surface area contributed by atoms with Crippen LogP contribution in [0, 0.1) is 25.7 Å². The van der Waals surface area contributed by atoms with Gasteiger partial charge in [-0.1, -0.05) is 46.0 Å². The average Bonchev–Trinajstić information content (AvgIpc) is 2.63. The molecule has 4 heteroatoms. The van der Waals surface area contributed by atoms with Crippen molar-refractivity contribution in [1.82, 2.24) is 0 Å². The van der Waals surface area contributed by atoms with E-state index in [2.05, 4.69) is 6.92 Å². The third kappa shape index (κ3) is 108. The Morgan fingerprint density at radius 1 is 1.00 bits per heavy atom. The molecule has 0 atom stereocenters. The zero-order valence-corrected chi connectivity index (χ0v) is 12.3. The van der Waals surface area contributed by atoms with Gasteiger partial charge in [-0.15, -0.1) is 6.07 Å². The van der Waals surface area contributed by atoms with Crippen LogP contribution in [0.1, 0.15) is 46.0 Å². The number of rotatable bonds is 0. The zero-order chi connectivity index (χ0) is 11.7. The van der Waals surface area contributed by atoms with Crippen LogP contribution in [0.25, 0.3) is 10.8 Å². The van der Waals surface area contributed by atoms with E-state index in [1.54, 1.807) is 13.8 Å². The summed E-state index contributed by atoms with van der Waals surface area (Å²) in [7, 11) is 0. The maximum absolute atomic E-state index is 7.44. The van der Waals surface area contributed by atoms with Gasteiger partial charge in [0.2, 0.25) is 0 Å². The minimum Gasteiger partial charge on any atom is -0.814 e. The summed E-state index contributed by atoms with van der Waals surface area (Å²) in [6.45, 7) is 5.90. The molecule has 0 aromatic carbocycles. The van der Waals surface area contributed by atoms with Crippen molar-refractivity contribution in [2.45, 2.75) is 46.0 Å². The van der Waals surface area contributed by atoms with Gasteiger partial charge in [-0.2, -0.15) is 0 Å². The van der Waals surface area contributed by atoms with Crippen LogP contribution in [0.5, 0.6) is 0 Å². The SMILES string of the molecule is C1CCCC1.CC=[N-].CC=[N-].[CH2-]C#N.[CH3-].[Ru+5]. The smallest absolute Gasteiger partial charge is 0.814 e. The maximum atomic E-state index is 7.44. The summed E-state index contributed by atoms with van der Waals surface area (Å²) in [5, 5.41) is 22.1. The molecule has 1 fully saturated rings. The molecule has 1 aliphatic carbocycles. The molecule has 0 N–H and O–H groups in total. The number of nitrogens with zero attached hydrogens (tertiary/aromatic N) is 3. The molecule has 1 radical (unpaired) electrons. The van der Waals surface area contributed by atoms with E-state index in [1.807, 2.05) is 0 Å². The Morgan fingerprint density at radius 3 is 1.12 bits per heavy atom. The molecule has 0 spiro atoms. The van der Waals surface area contributed by atoms with Gasteiger partial charge in [0, 0.05) is 0 Å². The summed E-state index contributed by atoms with van der Waals surface area (Å²) in [5.41, 5.74) is 0. The minimum absolute atomic E-state index is 0. The summed E-state index contributed by atoms with van der Waals surface area (Å²) in [4.78, 5) is 0. The quantitative estimate of drug-likeness (QED) is 0.378. The topological polar surface area (TPSA) is 68.4 Å². The van der Waals surface area contributed by atoms with Crippen LogP contribution in [-0.4, -0.2) is 12.4 Å². The first-order chi connectivity index (χ1) is 6.74. The average molecular weight is 310 g/mol. The molecular weight excluding hydrogens is 287 g/mol. The first-order valence-corrected chi connectivity index (χ1v) is 4.75. The van der Waals surface area contributed by atoms with Crippen molar-refractivity contribution in [3.8, 4) is 6.07 Å². The molecule has 0 aliphatic heterocycles. The van der Waals surface area contributed by atoms with Crippen LogP contribution in [-0.2, 0) is 19.5 Å². The molecule has 16 heavy (non-hydrogen) atoms. The van der Waals surface area contributed by atoms with Crippen molar-refractivity contribution in [1.29, 1.82) is 5.26 Å². The van der Waals surface area contributed by atoms with Gasteiger partial charge in [0.1, 0.15) is 0 Å². The van der Waals surface area contributed by atoms with Crippen molar-refractivity contribution in [2.75, 3.05) is 0 Å². The van der Waals surface area contributed by atoms with E-state index in [9.17, 15) is 0 Å². The molecule has 0 heterocycles. The fraction of sp³-hybridized carbons (Fsp3) is 0.583. The molecule has 0 saturated heterocycles. The van der Waals surface area contributed by atoms with E-state index >= 15 is 0 Å². The van der Waals surface area contributed by atoms with E-state index in [0.29, 0.717) is 0 Å². The second-order valence-electron chi connectivity index (χ2n) is 2.44. The zero-order valence-electron chi connectivity index (χ0n) is 10.6. The van der Waals surface area contributed by atoms with Crippen molar-refractivity contribution in [2.24, 2.45) is 0 Å². The molecule has 1 saturated carbocycles. The molecule has 1 rings (SSSR count). The summed E-state index contributed by atoms with van der Waals surface area (Å²) < 4.78 is 0. The number of hydrogen-bond donors (Lipinski definition) is 0. The van der Waals surface area contributed by atoms with Crippen molar-refractivity contribution in [3.63, 3.8) is 0 Å². The van der Waals surface area contributed by atoms with Crippen LogP contribution in [0.15, 0.2) is 0 Å². The molecule has 3 nitrogen and oxygen atoms in total. The Labute approximate surface area is 114 Å². The second-order valence-corrected chi connectivity index (χ2v) is 2.44. The first kappa shape index (κ1) is 29.5. The van der Waals surface area contributed by atoms with Crippen LogP contribution in [0.2, 0.25) is 0 Å². The van der Waals surface area contributed by atoms with Crippen LogP contribution in [0.3, 0.4) is 0 Å².